The van der Waals surface area contributed by atoms with Gasteiger partial charge >= 0.3 is 6.03 Å². The predicted octanol–water partition coefficient (Wildman–Crippen LogP) is 3.08. The van der Waals surface area contributed by atoms with Gasteiger partial charge in [0.2, 0.25) is 5.91 Å². The van der Waals surface area contributed by atoms with E-state index in [4.69, 9.17) is 0 Å². The molecule has 1 saturated carbocycles. The molecule has 1 saturated heterocycles. The summed E-state index contributed by atoms with van der Waals surface area (Å²) in [7, 11) is 0. The van der Waals surface area contributed by atoms with Gasteiger partial charge in [0.1, 0.15) is 12.1 Å². The third-order valence-electron chi connectivity index (χ3n) is 6.60. The van der Waals surface area contributed by atoms with Crippen molar-refractivity contribution in [2.24, 2.45) is 5.92 Å². The topological polar surface area (TPSA) is 69.7 Å². The molecule has 3 heterocycles. The van der Waals surface area contributed by atoms with Gasteiger partial charge in [-0.2, -0.15) is 0 Å². The van der Waals surface area contributed by atoms with E-state index >= 15 is 0 Å². The number of hydrogen-bond donors (Lipinski definition) is 1. The summed E-state index contributed by atoms with van der Waals surface area (Å²) < 4.78 is 0. The molecule has 1 N–H and O–H groups in total. The van der Waals surface area contributed by atoms with Crippen LogP contribution in [0.15, 0.2) is 11.4 Å². The minimum absolute atomic E-state index is 0.0378. The molecule has 0 radical (unpaired) electrons. The Bertz CT molecular complexity index is 776. The molecule has 0 bridgehead atoms. The maximum absolute atomic E-state index is 13.1. The number of fused-ring (bicyclic) bond motifs is 1. The van der Waals surface area contributed by atoms with Gasteiger partial charge in [-0.3, -0.25) is 14.5 Å². The van der Waals surface area contributed by atoms with E-state index in [0.29, 0.717) is 13.0 Å². The fourth-order valence-electron chi connectivity index (χ4n) is 5.00. The quantitative estimate of drug-likeness (QED) is 0.808. The Morgan fingerprint density at radius 3 is 2.93 bits per heavy atom. The zero-order valence-corrected chi connectivity index (χ0v) is 16.8. The Hall–Kier alpha value is -1.89. The number of carbonyl (C=O) groups is 3. The minimum Gasteiger partial charge on any atom is -0.334 e. The molecule has 4 amide bonds. The summed E-state index contributed by atoms with van der Waals surface area (Å²) in [6.07, 6.45) is 5.29. The van der Waals surface area contributed by atoms with Crippen molar-refractivity contribution < 1.29 is 14.4 Å². The van der Waals surface area contributed by atoms with E-state index in [0.717, 1.165) is 37.0 Å². The van der Waals surface area contributed by atoms with Gasteiger partial charge in [-0.05, 0) is 48.6 Å². The Morgan fingerprint density at radius 2 is 2.19 bits per heavy atom. The molecule has 1 aliphatic carbocycles. The smallest absolute Gasteiger partial charge is 0.325 e. The fraction of sp³-hybridized carbons (Fsp3) is 0.650. The highest BCUT2D eigenvalue weighted by Crippen LogP contribution is 2.39. The Balaban J connectivity index is 1.51. The molecule has 146 valence electrons. The van der Waals surface area contributed by atoms with Crippen molar-refractivity contribution in [2.75, 3.05) is 13.1 Å². The van der Waals surface area contributed by atoms with Crippen LogP contribution in [0.25, 0.3) is 0 Å². The standard InChI is InChI=1S/C20H27N3O3S/c1-3-15-14-8-11-27-16(14)7-10-22(15)17(24)12-23-18(25)20(21-19(23)26)9-5-4-6-13(20)2/h8,11,13,15H,3-7,9-10,12H2,1-2H3,(H,21,26). The number of rotatable bonds is 3. The summed E-state index contributed by atoms with van der Waals surface area (Å²) in [6, 6.07) is 1.72. The lowest BCUT2D eigenvalue weighted by Gasteiger charge is -2.37. The summed E-state index contributed by atoms with van der Waals surface area (Å²) in [4.78, 5) is 43.1. The summed E-state index contributed by atoms with van der Waals surface area (Å²) in [5.74, 6) is -0.244. The minimum atomic E-state index is -0.803. The number of nitrogens with zero attached hydrogens (tertiary/aromatic N) is 2. The van der Waals surface area contributed by atoms with Crippen LogP contribution in [0.3, 0.4) is 0 Å². The van der Waals surface area contributed by atoms with E-state index in [1.54, 1.807) is 11.3 Å². The van der Waals surface area contributed by atoms with Crippen molar-refractivity contribution in [3.63, 3.8) is 0 Å². The molecular weight excluding hydrogens is 362 g/mol. The zero-order valence-electron chi connectivity index (χ0n) is 16.0. The fourth-order valence-corrected chi connectivity index (χ4v) is 5.93. The average Bonchev–Trinajstić information content (AvgIpc) is 3.22. The third-order valence-corrected chi connectivity index (χ3v) is 7.59. The number of thiophene rings is 1. The van der Waals surface area contributed by atoms with Gasteiger partial charge in [0, 0.05) is 11.4 Å². The first kappa shape index (κ1) is 18.5. The summed E-state index contributed by atoms with van der Waals surface area (Å²) in [5.41, 5.74) is 0.416. The van der Waals surface area contributed by atoms with Gasteiger partial charge < -0.3 is 10.2 Å². The first-order valence-electron chi connectivity index (χ1n) is 9.97. The summed E-state index contributed by atoms with van der Waals surface area (Å²) in [6.45, 7) is 4.59. The van der Waals surface area contributed by atoms with Crippen LogP contribution in [0.5, 0.6) is 0 Å². The maximum Gasteiger partial charge on any atom is 0.325 e. The van der Waals surface area contributed by atoms with Crippen LogP contribution < -0.4 is 5.32 Å². The second-order valence-electron chi connectivity index (χ2n) is 8.00. The van der Waals surface area contributed by atoms with Gasteiger partial charge in [-0.15, -0.1) is 11.3 Å². The van der Waals surface area contributed by atoms with Gasteiger partial charge in [-0.1, -0.05) is 26.7 Å². The highest BCUT2D eigenvalue weighted by molar-refractivity contribution is 7.10. The predicted molar refractivity (Wildman–Crippen MR) is 103 cm³/mol. The second kappa shape index (κ2) is 6.93. The average molecular weight is 390 g/mol. The number of amides is 4. The molecule has 3 aliphatic rings. The maximum atomic E-state index is 13.1. The van der Waals surface area contributed by atoms with Gasteiger partial charge in [0.25, 0.3) is 5.91 Å². The van der Waals surface area contributed by atoms with E-state index in [1.807, 2.05) is 11.8 Å². The van der Waals surface area contributed by atoms with Crippen LogP contribution in [0, 0.1) is 5.92 Å². The van der Waals surface area contributed by atoms with Gasteiger partial charge in [0.15, 0.2) is 0 Å². The van der Waals surface area contributed by atoms with E-state index in [9.17, 15) is 14.4 Å². The van der Waals surface area contributed by atoms with Crippen LogP contribution in [0.1, 0.15) is 62.4 Å². The first-order valence-corrected chi connectivity index (χ1v) is 10.9. The Labute approximate surface area is 163 Å². The first-order chi connectivity index (χ1) is 13.0. The highest BCUT2D eigenvalue weighted by Gasteiger charge is 2.55. The summed E-state index contributed by atoms with van der Waals surface area (Å²) in [5, 5.41) is 5.01. The van der Waals surface area contributed by atoms with E-state index in [2.05, 4.69) is 23.7 Å². The van der Waals surface area contributed by atoms with Crippen LogP contribution >= 0.6 is 11.3 Å². The molecule has 6 nitrogen and oxygen atoms in total. The molecule has 0 aromatic carbocycles. The number of nitrogens with one attached hydrogen (secondary N) is 1. The van der Waals surface area contributed by atoms with Gasteiger partial charge in [-0.25, -0.2) is 4.79 Å². The van der Waals surface area contributed by atoms with Crippen LogP contribution in [0.4, 0.5) is 4.79 Å². The van der Waals surface area contributed by atoms with Gasteiger partial charge in [0.05, 0.1) is 6.04 Å². The normalized spacial score (nSPS) is 30.6. The molecule has 1 spiro atoms. The second-order valence-corrected chi connectivity index (χ2v) is 9.00. The molecule has 3 unspecified atom stereocenters. The number of imide groups is 1. The lowest BCUT2D eigenvalue weighted by molar-refractivity contribution is -0.142. The number of hydrogen-bond acceptors (Lipinski definition) is 4. The highest BCUT2D eigenvalue weighted by atomic mass is 32.1. The van der Waals surface area contributed by atoms with E-state index < -0.39 is 11.6 Å². The Kier molecular flexibility index (Phi) is 4.74. The van der Waals surface area contributed by atoms with Crippen LogP contribution in [-0.2, 0) is 16.0 Å². The van der Waals surface area contributed by atoms with Crippen LogP contribution in [0.2, 0.25) is 0 Å². The molecule has 1 aromatic heterocycles. The van der Waals surface area contributed by atoms with Crippen molar-refractivity contribution >= 4 is 29.2 Å². The molecule has 7 heteroatoms. The third kappa shape index (κ3) is 2.87. The largest absolute Gasteiger partial charge is 0.334 e. The lowest BCUT2D eigenvalue weighted by Crippen LogP contribution is -2.54. The molecule has 4 rings (SSSR count). The lowest BCUT2D eigenvalue weighted by atomic mass is 9.73. The number of carbonyl (C=O) groups excluding carboxylic acids is 3. The molecule has 2 aliphatic heterocycles. The van der Waals surface area contributed by atoms with Crippen LogP contribution in [-0.4, -0.2) is 46.3 Å². The molecule has 27 heavy (non-hydrogen) atoms. The molecule has 3 atom stereocenters. The SMILES string of the molecule is CCC1c2ccsc2CCN1C(=O)CN1C(=O)NC2(CCCCC2C)C1=O. The van der Waals surface area contributed by atoms with Crippen molar-refractivity contribution in [2.45, 2.75) is 64.0 Å². The monoisotopic (exact) mass is 389 g/mol. The van der Waals surface area contributed by atoms with Crippen molar-refractivity contribution in [1.82, 2.24) is 15.1 Å². The number of urea groups is 1. The molecular formula is C20H27N3O3S. The van der Waals surface area contributed by atoms with E-state index in [1.165, 1.54) is 10.4 Å². The van der Waals surface area contributed by atoms with Crippen molar-refractivity contribution in [3.05, 3.63) is 21.9 Å². The zero-order chi connectivity index (χ0) is 19.2. The Morgan fingerprint density at radius 1 is 1.37 bits per heavy atom. The molecule has 1 aromatic rings. The molecule has 2 fully saturated rings. The summed E-state index contributed by atoms with van der Waals surface area (Å²) >= 11 is 1.74. The van der Waals surface area contributed by atoms with Crippen molar-refractivity contribution in [3.8, 4) is 0 Å². The van der Waals surface area contributed by atoms with Crippen molar-refractivity contribution in [1.29, 1.82) is 0 Å². The van der Waals surface area contributed by atoms with E-state index in [-0.39, 0.29) is 30.3 Å².